The average Bonchev–Trinajstić information content (AvgIpc) is 3.24. The molecule has 0 aliphatic carbocycles. The fourth-order valence-corrected chi connectivity index (χ4v) is 6.38. The van der Waals surface area contributed by atoms with Crippen LogP contribution in [0.15, 0.2) is 170 Å². The van der Waals surface area contributed by atoms with Crippen LogP contribution >= 0.6 is 23.2 Å². The number of phenols is 1. The molecule has 0 fully saturated rings. The Kier molecular flexibility index (Phi) is 28.5. The van der Waals surface area contributed by atoms with E-state index in [1.165, 1.54) is 33.4 Å². The molecule has 0 saturated carbocycles. The van der Waals surface area contributed by atoms with E-state index in [1.807, 2.05) is 93.6 Å². The molecule has 6 aromatic rings. The van der Waals surface area contributed by atoms with Gasteiger partial charge in [-0.15, -0.1) is 23.2 Å². The first-order chi connectivity index (χ1) is 27.0. The van der Waals surface area contributed by atoms with Gasteiger partial charge in [-0.25, -0.2) is 0 Å². The van der Waals surface area contributed by atoms with Crippen molar-refractivity contribution in [1.29, 1.82) is 0 Å². The van der Waals surface area contributed by atoms with Crippen molar-refractivity contribution < 1.29 is 75.3 Å². The van der Waals surface area contributed by atoms with Crippen molar-refractivity contribution in [3.63, 3.8) is 0 Å². The summed E-state index contributed by atoms with van der Waals surface area (Å²) in [5.41, 5.74) is 11.7. The van der Waals surface area contributed by atoms with Crippen LogP contribution in [0, 0.1) is 13.8 Å². The minimum atomic E-state index is 0. The van der Waals surface area contributed by atoms with Gasteiger partial charge in [0.05, 0.1) is 0 Å². The molecule has 0 amide bonds. The maximum atomic E-state index is 9.63. The second-order valence-corrected chi connectivity index (χ2v) is 12.7. The summed E-state index contributed by atoms with van der Waals surface area (Å²) in [6, 6.07) is 57.1. The molecule has 0 aromatic heterocycles. The fraction of sp³-hybridized carbons (Fsp3) is 0.176. The number of halogens is 2. The first-order valence-electron chi connectivity index (χ1n) is 19.0. The van der Waals surface area contributed by atoms with Crippen molar-refractivity contribution in [2.24, 2.45) is 0 Å². The summed E-state index contributed by atoms with van der Waals surface area (Å²) in [5, 5.41) is 9.63. The van der Waals surface area contributed by atoms with E-state index in [1.54, 1.807) is 12.1 Å². The topological polar surface area (TPSA) is 29.5 Å². The molecule has 0 unspecified atom stereocenters. The van der Waals surface area contributed by atoms with Crippen LogP contribution in [0.5, 0.6) is 11.5 Å². The van der Waals surface area contributed by atoms with E-state index in [-0.39, 0.29) is 71.2 Å². The summed E-state index contributed by atoms with van der Waals surface area (Å²) in [6.07, 6.45) is 2.57. The summed E-state index contributed by atoms with van der Waals surface area (Å²) < 4.78 is 5.49. The van der Waals surface area contributed by atoms with Crippen molar-refractivity contribution in [2.45, 2.75) is 40.0 Å². The Bertz CT molecular complexity index is 1970. The second-order valence-electron chi connectivity index (χ2n) is 12.0. The van der Waals surface area contributed by atoms with Crippen molar-refractivity contribution in [1.82, 2.24) is 0 Å². The van der Waals surface area contributed by atoms with E-state index in [9.17, 15) is 5.11 Å². The van der Waals surface area contributed by atoms with Crippen LogP contribution < -0.4 is 4.74 Å². The monoisotopic (exact) mass is 946 g/mol. The smallest absolute Gasteiger partial charge is 0.115 e. The Hall–Kier alpha value is -2.81. The maximum absolute atomic E-state index is 9.63. The molecule has 0 heterocycles. The third-order valence-corrected chi connectivity index (χ3v) is 8.61. The molecular weight excluding hydrogens is 893 g/mol. The fourth-order valence-electron chi connectivity index (χ4n) is 6.00. The molecule has 0 atom stereocenters. The van der Waals surface area contributed by atoms with Crippen molar-refractivity contribution in [3.05, 3.63) is 217 Å². The molecule has 0 bridgehead atoms. The number of hydrogen-bond donors (Lipinski definition) is 1. The molecule has 2 radical (unpaired) electrons. The zero-order valence-corrected chi connectivity index (χ0v) is 40.8. The number of alkyl halides is 2. The Morgan fingerprint density at radius 2 is 0.754 bits per heavy atom. The molecule has 0 spiro atoms. The van der Waals surface area contributed by atoms with Crippen LogP contribution in [-0.4, -0.2) is 23.5 Å². The maximum Gasteiger partial charge on any atom is 0.115 e. The molecule has 0 aliphatic heterocycles. The van der Waals surface area contributed by atoms with E-state index in [0.717, 1.165) is 47.3 Å². The van der Waals surface area contributed by atoms with E-state index in [0.29, 0.717) is 18.4 Å². The number of ether oxygens (including phenoxy) is 1. The summed E-state index contributed by atoms with van der Waals surface area (Å²) in [6.45, 7) is 13.7. The standard InChI is InChI=1S/C24H22ClO.C22H19ClO.C3H7.C2H6.2Y/c1-2-26-22-15-13-21(14-16-22)24(20-11-7-4-8-12-20)23(17-18-25)19-9-5-3-6-10-19;23-16-15-21(17-7-3-1-4-8-17)22(18-9-5-2-6-10-18)19-11-13-20(24)14-12-19;1-3-2;1-2;;/h3-16H,1-2,17-18H2;1-14,24H,15-16H2;1,3H2,2H3;1-2H3;;/q-1;;-1;;;/b24-23-;22-21-;;;;. The van der Waals surface area contributed by atoms with Crippen LogP contribution in [-0.2, 0) is 65.4 Å². The van der Waals surface area contributed by atoms with Crippen LogP contribution in [0.4, 0.5) is 0 Å². The molecule has 1 N–H and O–H groups in total. The molecular formula is C51H54Cl2O2Y2-2. The number of benzene rings is 6. The van der Waals surface area contributed by atoms with Crippen molar-refractivity contribution >= 4 is 45.5 Å². The minimum absolute atomic E-state index is 0. The van der Waals surface area contributed by atoms with Gasteiger partial charge in [0, 0.05) is 77.2 Å². The van der Waals surface area contributed by atoms with Gasteiger partial charge in [0.2, 0.25) is 0 Å². The van der Waals surface area contributed by atoms with Gasteiger partial charge in [0.25, 0.3) is 0 Å². The number of phenolic OH excluding ortho intramolecular Hbond substituents is 1. The van der Waals surface area contributed by atoms with Gasteiger partial charge in [-0.3, -0.25) is 0 Å². The van der Waals surface area contributed by atoms with E-state index >= 15 is 0 Å². The predicted octanol–water partition coefficient (Wildman–Crippen LogP) is 14.7. The average molecular weight is 948 g/mol. The van der Waals surface area contributed by atoms with Crippen LogP contribution in [0.3, 0.4) is 0 Å². The zero-order chi connectivity index (χ0) is 39.7. The van der Waals surface area contributed by atoms with Gasteiger partial charge in [0.15, 0.2) is 0 Å². The molecule has 0 aliphatic rings. The van der Waals surface area contributed by atoms with Gasteiger partial charge in [-0.1, -0.05) is 166 Å². The third kappa shape index (κ3) is 17.1. The molecule has 6 aromatic carbocycles. The third-order valence-electron chi connectivity index (χ3n) is 8.23. The van der Waals surface area contributed by atoms with Crippen molar-refractivity contribution in [3.8, 4) is 11.5 Å². The molecule has 6 rings (SSSR count). The quantitative estimate of drug-likeness (QED) is 0.0752. The number of rotatable bonds is 12. The normalized spacial score (nSPS) is 10.8. The largest absolute Gasteiger partial charge is 0.525 e. The second kappa shape index (κ2) is 31.2. The Balaban J connectivity index is 0.000000498. The number of aromatic hydroxyl groups is 1. The van der Waals surface area contributed by atoms with E-state index in [4.69, 9.17) is 27.9 Å². The first kappa shape index (κ1) is 52.2. The predicted molar refractivity (Wildman–Crippen MR) is 241 cm³/mol. The van der Waals surface area contributed by atoms with Gasteiger partial charge in [-0.05, 0) is 99.4 Å². The molecule has 6 heteroatoms. The molecule has 2 nitrogen and oxygen atoms in total. The Morgan fingerprint density at radius 3 is 1.05 bits per heavy atom. The summed E-state index contributed by atoms with van der Waals surface area (Å²) in [7, 11) is 0. The summed E-state index contributed by atoms with van der Waals surface area (Å²) >= 11 is 12.3. The van der Waals surface area contributed by atoms with Gasteiger partial charge in [0.1, 0.15) is 11.5 Å². The van der Waals surface area contributed by atoms with Gasteiger partial charge in [-0.2, -0.15) is 6.42 Å². The number of hydrogen-bond acceptors (Lipinski definition) is 2. The zero-order valence-electron chi connectivity index (χ0n) is 33.6. The summed E-state index contributed by atoms with van der Waals surface area (Å²) in [4.78, 5) is 0. The van der Waals surface area contributed by atoms with E-state index < -0.39 is 0 Å². The summed E-state index contributed by atoms with van der Waals surface area (Å²) in [5.74, 6) is 2.22. The van der Waals surface area contributed by atoms with Crippen LogP contribution in [0.2, 0.25) is 0 Å². The Labute approximate surface area is 403 Å². The van der Waals surface area contributed by atoms with Crippen LogP contribution in [0.25, 0.3) is 22.3 Å². The number of allylic oxidation sites excluding steroid dienone is 2. The van der Waals surface area contributed by atoms with Crippen molar-refractivity contribution in [2.75, 3.05) is 18.4 Å². The molecule has 57 heavy (non-hydrogen) atoms. The van der Waals surface area contributed by atoms with Gasteiger partial charge >= 0.3 is 0 Å². The van der Waals surface area contributed by atoms with Gasteiger partial charge < -0.3 is 23.7 Å². The molecule has 0 saturated heterocycles. The first-order valence-corrected chi connectivity index (χ1v) is 20.0. The van der Waals surface area contributed by atoms with Crippen LogP contribution in [0.1, 0.15) is 73.4 Å². The SMILES string of the molecule is CC.Oc1ccc(/C(=C(/CCCl)c2ccccc2)c2ccccc2)cc1.[CH2-]CC.[CH2-]COc1ccc(/C(=C(/CCCl)c2ccccc2)c2ccccc2)cc1.[Y].[Y]. The van der Waals surface area contributed by atoms with E-state index in [2.05, 4.69) is 98.8 Å². The Morgan fingerprint density at radius 1 is 0.474 bits per heavy atom. The minimum Gasteiger partial charge on any atom is -0.525 e. The molecule has 292 valence electrons.